The van der Waals surface area contributed by atoms with E-state index in [4.69, 9.17) is 15.2 Å². The maximum absolute atomic E-state index is 14.0. The van der Waals surface area contributed by atoms with Gasteiger partial charge in [-0.25, -0.2) is 8.42 Å². The van der Waals surface area contributed by atoms with Crippen molar-refractivity contribution in [3.8, 4) is 0 Å². The number of nitrogens with one attached hydrogen (secondary N) is 1. The van der Waals surface area contributed by atoms with Crippen molar-refractivity contribution >= 4 is 33.5 Å². The highest BCUT2D eigenvalue weighted by Gasteiger charge is 2.43. The van der Waals surface area contributed by atoms with Crippen molar-refractivity contribution in [2.24, 2.45) is 29.4 Å². The summed E-state index contributed by atoms with van der Waals surface area (Å²) in [5, 5.41) is 0. The molecule has 2 unspecified atom stereocenters. The third-order valence-electron chi connectivity index (χ3n) is 10.5. The van der Waals surface area contributed by atoms with Gasteiger partial charge >= 0.3 is 0 Å². The zero-order chi connectivity index (χ0) is 38.5. The molecule has 1 aromatic carbocycles. The Morgan fingerprint density at radius 2 is 1.67 bits per heavy atom. The summed E-state index contributed by atoms with van der Waals surface area (Å²) in [6, 6.07) is 7.71. The van der Waals surface area contributed by atoms with E-state index in [9.17, 15) is 27.6 Å². The highest BCUT2D eigenvalue weighted by molar-refractivity contribution is 7.90. The predicted octanol–water partition coefficient (Wildman–Crippen LogP) is 3.95. The van der Waals surface area contributed by atoms with E-state index in [0.29, 0.717) is 25.8 Å². The number of hydrogen-bond acceptors (Lipinski definition) is 9. The lowest BCUT2D eigenvalue weighted by molar-refractivity contribution is -0.146. The summed E-state index contributed by atoms with van der Waals surface area (Å²) in [6.45, 7) is 11.9. The maximum Gasteiger partial charge on any atom is 0.239 e. The average Bonchev–Trinajstić information content (AvgIpc) is 3.59. The molecule has 3 N–H and O–H groups in total. The Hall–Kier alpha value is -2.87. The molecule has 12 nitrogen and oxygen atoms in total. The molecule has 1 aliphatic rings. The van der Waals surface area contributed by atoms with Gasteiger partial charge in [0.25, 0.3) is 0 Å². The SMILES string of the molecule is CCCCS(=O)(=O)NC(=O)[C@@H](CC(=O)[C@H](C)[C@@H](OC)[C@@H]1CCCN1C(=O)C[C@@H](OC)C(C(C)CC)N(C)C(=O)[C@@H](N)C(C)C)Cc1ccccc1. The van der Waals surface area contributed by atoms with E-state index in [1.165, 1.54) is 7.11 Å². The number of nitrogens with two attached hydrogens (primary N) is 1. The number of likely N-dealkylation sites (tertiary alicyclic amines) is 1. The summed E-state index contributed by atoms with van der Waals surface area (Å²) in [6.07, 6.45) is 1.97. The number of likely N-dealkylation sites (N-methyl/N-ethyl adjacent to an activating group) is 1. The van der Waals surface area contributed by atoms with E-state index in [2.05, 4.69) is 4.72 Å². The smallest absolute Gasteiger partial charge is 0.239 e. The molecule has 2 rings (SSSR count). The van der Waals surface area contributed by atoms with Crippen molar-refractivity contribution in [3.63, 3.8) is 0 Å². The number of nitrogens with zero attached hydrogens (tertiary/aromatic N) is 2. The number of benzene rings is 1. The molecule has 0 aromatic heterocycles. The Morgan fingerprint density at radius 1 is 1.02 bits per heavy atom. The highest BCUT2D eigenvalue weighted by Crippen LogP contribution is 2.31. The third kappa shape index (κ3) is 12.6. The van der Waals surface area contributed by atoms with E-state index < -0.39 is 52.1 Å². The van der Waals surface area contributed by atoms with E-state index in [1.807, 2.05) is 65.0 Å². The number of sulfonamides is 1. The van der Waals surface area contributed by atoms with Gasteiger partial charge in [0, 0.05) is 46.1 Å². The molecule has 51 heavy (non-hydrogen) atoms. The van der Waals surface area contributed by atoms with Crippen LogP contribution in [-0.4, -0.2) is 106 Å². The number of ether oxygens (including phenoxy) is 2. The quantitative estimate of drug-likeness (QED) is 0.179. The minimum Gasteiger partial charge on any atom is -0.379 e. The fourth-order valence-electron chi connectivity index (χ4n) is 7.07. The van der Waals surface area contributed by atoms with Crippen LogP contribution in [-0.2, 0) is 45.1 Å². The topological polar surface area (TPSA) is 165 Å². The van der Waals surface area contributed by atoms with E-state index >= 15 is 0 Å². The predicted molar refractivity (Wildman–Crippen MR) is 199 cm³/mol. The number of Topliss-reactive ketones (excluding diaryl/α,β-unsaturated/α-hetero) is 1. The zero-order valence-corrected chi connectivity index (χ0v) is 33.1. The van der Waals surface area contributed by atoms with Crippen LogP contribution in [0.15, 0.2) is 30.3 Å². The molecule has 3 amide bonds. The summed E-state index contributed by atoms with van der Waals surface area (Å²) in [5.41, 5.74) is 7.04. The van der Waals surface area contributed by atoms with Crippen LogP contribution in [0.3, 0.4) is 0 Å². The zero-order valence-electron chi connectivity index (χ0n) is 32.3. The summed E-state index contributed by atoms with van der Waals surface area (Å²) >= 11 is 0. The van der Waals surface area contributed by atoms with Gasteiger partial charge in [-0.15, -0.1) is 0 Å². The van der Waals surface area contributed by atoms with Crippen LogP contribution in [0.2, 0.25) is 0 Å². The third-order valence-corrected chi connectivity index (χ3v) is 11.9. The Morgan fingerprint density at radius 3 is 2.22 bits per heavy atom. The molecule has 290 valence electrons. The molecule has 13 heteroatoms. The van der Waals surface area contributed by atoms with E-state index in [1.54, 1.807) is 30.9 Å². The Balaban J connectivity index is 2.28. The fraction of sp³-hybridized carbons (Fsp3) is 0.737. The number of methoxy groups -OCH3 is 2. The number of amides is 3. The molecule has 1 aromatic rings. The van der Waals surface area contributed by atoms with Crippen molar-refractivity contribution < 1.29 is 37.1 Å². The number of rotatable bonds is 22. The van der Waals surface area contributed by atoms with Crippen LogP contribution in [0.1, 0.15) is 92.1 Å². The molecule has 0 radical (unpaired) electrons. The van der Waals surface area contributed by atoms with Crippen LogP contribution in [0, 0.1) is 23.7 Å². The maximum atomic E-state index is 14.0. The number of unbranched alkanes of at least 4 members (excludes halogenated alkanes) is 1. The van der Waals surface area contributed by atoms with Gasteiger partial charge in [-0.2, -0.15) is 0 Å². The van der Waals surface area contributed by atoms with Crippen LogP contribution < -0.4 is 10.5 Å². The summed E-state index contributed by atoms with van der Waals surface area (Å²) in [7, 11) is 0.930. The van der Waals surface area contributed by atoms with Crippen LogP contribution in [0.25, 0.3) is 0 Å². The second kappa shape index (κ2) is 21.0. The molecule has 0 aliphatic carbocycles. The molecule has 1 fully saturated rings. The molecule has 1 aliphatic heterocycles. The molecule has 0 bridgehead atoms. The van der Waals surface area contributed by atoms with Crippen LogP contribution >= 0.6 is 0 Å². The standard InChI is InChI=1S/C38H64N4O8S/c1-10-12-21-51(47,48)40-37(45)29(22-28-17-14-13-15-18-28)23-31(43)27(6)36(50-9)30-19-16-20-42(30)33(44)24-32(49-8)35(26(5)11-2)41(7)38(46)34(39)25(3)4/h13-15,17-18,25-27,29-30,32,34-36H,10-12,16,19-24,39H2,1-9H3,(H,40,45)/t26?,27-,29+,30-,32+,34-,35?,36+/m0/s1. The van der Waals surface area contributed by atoms with Gasteiger partial charge in [0.2, 0.25) is 27.7 Å². The van der Waals surface area contributed by atoms with Crippen LogP contribution in [0.4, 0.5) is 0 Å². The highest BCUT2D eigenvalue weighted by atomic mass is 32.2. The van der Waals surface area contributed by atoms with Gasteiger partial charge in [0.15, 0.2) is 0 Å². The van der Waals surface area contributed by atoms with Crippen molar-refractivity contribution in [3.05, 3.63) is 35.9 Å². The first kappa shape index (κ1) is 44.3. The van der Waals surface area contributed by atoms with E-state index in [-0.39, 0.29) is 60.5 Å². The number of carbonyl (C=O) groups excluding carboxylic acids is 4. The Labute approximate surface area is 306 Å². The first-order chi connectivity index (χ1) is 24.0. The molecular formula is C38H64N4O8S. The Kier molecular flexibility index (Phi) is 18.2. The average molecular weight is 737 g/mol. The second-order valence-corrected chi connectivity index (χ2v) is 16.4. The summed E-state index contributed by atoms with van der Waals surface area (Å²) < 4.78 is 39.3. The van der Waals surface area contributed by atoms with Gasteiger partial charge in [-0.1, -0.05) is 84.7 Å². The molecule has 8 atom stereocenters. The van der Waals surface area contributed by atoms with E-state index in [0.717, 1.165) is 18.4 Å². The number of hydrogen-bond donors (Lipinski definition) is 2. The normalized spacial score (nSPS) is 19.1. The lowest BCUT2D eigenvalue weighted by atomic mass is 9.85. The Bertz CT molecular complexity index is 1370. The lowest BCUT2D eigenvalue weighted by Crippen LogP contribution is -2.56. The van der Waals surface area contributed by atoms with Gasteiger partial charge in [0.05, 0.1) is 42.5 Å². The van der Waals surface area contributed by atoms with Crippen LogP contribution in [0.5, 0.6) is 0 Å². The fourth-order valence-corrected chi connectivity index (χ4v) is 8.31. The van der Waals surface area contributed by atoms with Gasteiger partial charge in [0.1, 0.15) is 5.78 Å². The minimum absolute atomic E-state index is 0.0254. The van der Waals surface area contributed by atoms with Crippen molar-refractivity contribution in [1.29, 1.82) is 0 Å². The summed E-state index contributed by atoms with van der Waals surface area (Å²) in [4.78, 5) is 58.0. The summed E-state index contributed by atoms with van der Waals surface area (Å²) in [5.74, 6) is -3.13. The largest absolute Gasteiger partial charge is 0.379 e. The molecular weight excluding hydrogens is 673 g/mol. The van der Waals surface area contributed by atoms with Gasteiger partial charge < -0.3 is 25.0 Å². The van der Waals surface area contributed by atoms with Crippen molar-refractivity contribution in [2.75, 3.05) is 33.6 Å². The number of carbonyl (C=O) groups is 4. The van der Waals surface area contributed by atoms with Crippen molar-refractivity contribution in [2.45, 2.75) is 123 Å². The molecule has 0 saturated carbocycles. The van der Waals surface area contributed by atoms with Gasteiger partial charge in [-0.05, 0) is 43.1 Å². The minimum atomic E-state index is -3.85. The first-order valence-corrected chi connectivity index (χ1v) is 20.2. The van der Waals surface area contributed by atoms with Gasteiger partial charge in [-0.3, -0.25) is 23.9 Å². The van der Waals surface area contributed by atoms with Crippen molar-refractivity contribution in [1.82, 2.24) is 14.5 Å². The molecule has 1 saturated heterocycles. The second-order valence-electron chi connectivity index (χ2n) is 14.6. The monoisotopic (exact) mass is 736 g/mol. The molecule has 1 heterocycles. The molecule has 0 spiro atoms. The number of ketones is 1. The lowest BCUT2D eigenvalue weighted by Gasteiger charge is -2.40. The first-order valence-electron chi connectivity index (χ1n) is 18.5.